The lowest BCUT2D eigenvalue weighted by molar-refractivity contribution is -0.107. The number of aliphatic hydroxyl groups excluding tert-OH is 1. The summed E-state index contributed by atoms with van der Waals surface area (Å²) in [6.07, 6.45) is 1.30. The van der Waals surface area contributed by atoms with Crippen molar-refractivity contribution < 1.29 is 9.90 Å². The minimum atomic E-state index is -0.149. The minimum absolute atomic E-state index is 0.101. The van der Waals surface area contributed by atoms with E-state index in [2.05, 4.69) is 19.2 Å². The summed E-state index contributed by atoms with van der Waals surface area (Å²) in [7, 11) is 0. The van der Waals surface area contributed by atoms with Crippen LogP contribution in [0.4, 0.5) is 10.7 Å². The Morgan fingerprint density at radius 2 is 1.91 bits per heavy atom. The summed E-state index contributed by atoms with van der Waals surface area (Å²) in [4.78, 5) is 12.1. The third kappa shape index (κ3) is 2.58. The molecule has 6 heteroatoms. The van der Waals surface area contributed by atoms with Gasteiger partial charge < -0.3 is 5.11 Å². The van der Waals surface area contributed by atoms with Gasteiger partial charge in [-0.05, 0) is 36.9 Å². The number of thiophene rings is 1. The number of benzene rings is 1. The lowest BCUT2D eigenvalue weighted by atomic mass is 10.2. The predicted octanol–water partition coefficient (Wildman–Crippen LogP) is 5.29. The Kier molecular flexibility index (Phi) is 4.07. The first-order chi connectivity index (χ1) is 10.4. The van der Waals surface area contributed by atoms with Gasteiger partial charge in [0.2, 0.25) is 5.00 Å². The Balaban J connectivity index is 2.23. The van der Waals surface area contributed by atoms with Crippen LogP contribution < -0.4 is 3.89 Å². The second-order valence-corrected chi connectivity index (χ2v) is 7.77. The third-order valence-electron chi connectivity index (χ3n) is 3.75. The van der Waals surface area contributed by atoms with Crippen LogP contribution in [0.3, 0.4) is 0 Å². The number of carbonyl (C=O) groups is 1. The molecule has 0 spiro atoms. The van der Waals surface area contributed by atoms with Crippen LogP contribution in [0.2, 0.25) is 5.02 Å². The first kappa shape index (κ1) is 15.6. The van der Waals surface area contributed by atoms with Crippen LogP contribution >= 0.6 is 34.9 Å². The molecule has 2 heterocycles. The van der Waals surface area contributed by atoms with Crippen molar-refractivity contribution in [3.05, 3.63) is 57.6 Å². The van der Waals surface area contributed by atoms with Gasteiger partial charge >= 0.3 is 0 Å². The number of aryl methyl sites for hydroxylation is 1. The zero-order valence-corrected chi connectivity index (χ0v) is 14.6. The van der Waals surface area contributed by atoms with Gasteiger partial charge in [-0.25, -0.2) is 0 Å². The normalized spacial score (nSPS) is 21.8. The summed E-state index contributed by atoms with van der Waals surface area (Å²) in [5.74, 6) is 0.101. The molecule has 3 rings (SSSR count). The number of carbonyl (C=O) groups excluding carboxylic acids is 1. The first-order valence-corrected chi connectivity index (χ1v) is 8.78. The van der Waals surface area contributed by atoms with Gasteiger partial charge in [-0.3, -0.25) is 4.79 Å². The molecule has 3 nitrogen and oxygen atoms in total. The standard InChI is InChI=1S/C16H14ClNO2S2/c1-10-9-21-16(11(10)2)18(8-14(19)7-15(20)22-18)13-5-3-12(17)4-6-13/h3-7,9H,8H2,1-2H3/p+1. The van der Waals surface area contributed by atoms with Gasteiger partial charge in [0.25, 0.3) is 5.12 Å². The first-order valence-electron chi connectivity index (χ1n) is 6.75. The number of hydrogen-bond acceptors (Lipinski definition) is 4. The molecule has 1 unspecified atom stereocenters. The molecule has 0 aliphatic carbocycles. The second kappa shape index (κ2) is 5.74. The predicted molar refractivity (Wildman–Crippen MR) is 94.9 cm³/mol. The van der Waals surface area contributed by atoms with E-state index in [0.717, 1.165) is 16.3 Å². The Morgan fingerprint density at radius 3 is 2.45 bits per heavy atom. The Labute approximate surface area is 142 Å². The van der Waals surface area contributed by atoms with Crippen molar-refractivity contribution in [1.82, 2.24) is 3.89 Å². The molecule has 114 valence electrons. The quantitative estimate of drug-likeness (QED) is 0.589. The zero-order chi connectivity index (χ0) is 15.9. The lowest BCUT2D eigenvalue weighted by Crippen LogP contribution is -2.42. The Morgan fingerprint density at radius 1 is 1.23 bits per heavy atom. The van der Waals surface area contributed by atoms with Crippen LogP contribution in [-0.2, 0) is 4.79 Å². The van der Waals surface area contributed by atoms with Gasteiger partial charge in [0.1, 0.15) is 0 Å². The number of halogens is 1. The van der Waals surface area contributed by atoms with Crippen molar-refractivity contribution in [2.45, 2.75) is 13.8 Å². The molecule has 0 bridgehead atoms. The highest BCUT2D eigenvalue weighted by atomic mass is 35.5. The van der Waals surface area contributed by atoms with E-state index in [1.807, 2.05) is 24.3 Å². The number of quaternary nitrogens is 1. The monoisotopic (exact) mass is 352 g/mol. The second-order valence-electron chi connectivity index (χ2n) is 5.27. The smallest absolute Gasteiger partial charge is 0.273 e. The minimum Gasteiger partial charge on any atom is -0.506 e. The highest BCUT2D eigenvalue weighted by molar-refractivity contribution is 8.14. The van der Waals surface area contributed by atoms with Crippen LogP contribution in [-0.4, -0.2) is 16.8 Å². The van der Waals surface area contributed by atoms with E-state index in [1.165, 1.54) is 23.6 Å². The molecule has 0 radical (unpaired) electrons. The third-order valence-corrected chi connectivity index (χ3v) is 6.56. The maximum atomic E-state index is 12.1. The molecule has 1 aromatic carbocycles. The Hall–Kier alpha value is -1.27. The van der Waals surface area contributed by atoms with E-state index in [-0.39, 0.29) is 14.8 Å². The van der Waals surface area contributed by atoms with Crippen LogP contribution in [0, 0.1) is 13.8 Å². The van der Waals surface area contributed by atoms with Crippen molar-refractivity contribution in [3.8, 4) is 0 Å². The summed E-state index contributed by atoms with van der Waals surface area (Å²) < 4.78 is 0.239. The molecular formula is C16H15ClNO2S2+. The molecule has 0 fully saturated rings. The van der Waals surface area contributed by atoms with E-state index in [9.17, 15) is 9.90 Å². The molecule has 1 aromatic heterocycles. The van der Waals surface area contributed by atoms with Gasteiger partial charge in [0.15, 0.2) is 29.9 Å². The fourth-order valence-corrected chi connectivity index (χ4v) is 5.17. The van der Waals surface area contributed by atoms with E-state index >= 15 is 0 Å². The fourth-order valence-electron chi connectivity index (χ4n) is 2.52. The van der Waals surface area contributed by atoms with E-state index < -0.39 is 0 Å². The van der Waals surface area contributed by atoms with Gasteiger partial charge in [-0.15, -0.1) is 0 Å². The number of hydrogen-bond donors (Lipinski definition) is 1. The summed E-state index contributed by atoms with van der Waals surface area (Å²) in [6.45, 7) is 4.45. The van der Waals surface area contributed by atoms with E-state index in [0.29, 0.717) is 11.6 Å². The number of aliphatic hydroxyl groups is 1. The summed E-state index contributed by atoms with van der Waals surface area (Å²) >= 11 is 8.82. The fraction of sp³-hybridized carbons (Fsp3) is 0.188. The van der Waals surface area contributed by atoms with Crippen LogP contribution in [0.5, 0.6) is 0 Å². The average Bonchev–Trinajstić information content (AvgIpc) is 2.79. The molecule has 22 heavy (non-hydrogen) atoms. The van der Waals surface area contributed by atoms with Crippen LogP contribution in [0.25, 0.3) is 0 Å². The summed E-state index contributed by atoms with van der Waals surface area (Å²) in [6, 6.07) is 7.45. The van der Waals surface area contributed by atoms with Crippen LogP contribution in [0.15, 0.2) is 41.5 Å². The van der Waals surface area contributed by atoms with E-state index in [4.69, 9.17) is 11.6 Å². The highest BCUT2D eigenvalue weighted by Crippen LogP contribution is 2.50. The zero-order valence-electron chi connectivity index (χ0n) is 12.2. The van der Waals surface area contributed by atoms with E-state index in [1.54, 1.807) is 11.3 Å². The van der Waals surface area contributed by atoms with Crippen molar-refractivity contribution in [1.29, 1.82) is 0 Å². The number of rotatable bonds is 2. The van der Waals surface area contributed by atoms with Crippen molar-refractivity contribution in [2.75, 3.05) is 6.54 Å². The topological polar surface area (TPSA) is 37.3 Å². The SMILES string of the molecule is Cc1csc([N+]2(c3ccc(Cl)cc3)CC(O)=CC(=O)S2)c1C. The average molecular weight is 353 g/mol. The van der Waals surface area contributed by atoms with Gasteiger partial charge in [-0.2, -0.15) is 3.89 Å². The van der Waals surface area contributed by atoms with Gasteiger partial charge in [0.05, 0.1) is 0 Å². The molecule has 1 atom stereocenters. The molecule has 2 aromatic rings. The molecule has 1 N–H and O–H groups in total. The molecule has 0 saturated heterocycles. The summed E-state index contributed by atoms with van der Waals surface area (Å²) in [5.41, 5.74) is 3.26. The van der Waals surface area contributed by atoms with Crippen molar-refractivity contribution >= 4 is 50.7 Å². The molecule has 1 aliphatic rings. The van der Waals surface area contributed by atoms with Gasteiger partial charge in [-0.1, -0.05) is 22.9 Å². The maximum absolute atomic E-state index is 12.1. The van der Waals surface area contributed by atoms with Crippen LogP contribution in [0.1, 0.15) is 11.1 Å². The molecular weight excluding hydrogens is 338 g/mol. The van der Waals surface area contributed by atoms with Gasteiger partial charge in [0, 0.05) is 28.8 Å². The maximum Gasteiger partial charge on any atom is 0.273 e. The molecule has 0 saturated carbocycles. The lowest BCUT2D eigenvalue weighted by Gasteiger charge is -2.34. The molecule has 0 amide bonds. The molecule has 1 aliphatic heterocycles. The summed E-state index contributed by atoms with van der Waals surface area (Å²) in [5, 5.41) is 13.7. The van der Waals surface area contributed by atoms with Crippen molar-refractivity contribution in [2.24, 2.45) is 0 Å². The Bertz CT molecular complexity index is 767. The largest absolute Gasteiger partial charge is 0.506 e. The van der Waals surface area contributed by atoms with Crippen molar-refractivity contribution in [3.63, 3.8) is 0 Å². The number of nitrogens with zero attached hydrogens (tertiary/aromatic N) is 1. The highest BCUT2D eigenvalue weighted by Gasteiger charge is 2.44.